The van der Waals surface area contributed by atoms with E-state index in [4.69, 9.17) is 9.47 Å². The first-order chi connectivity index (χ1) is 16.9. The Hall–Kier alpha value is -3.78. The molecule has 1 N–H and O–H groups in total. The van der Waals surface area contributed by atoms with Crippen molar-refractivity contribution in [3.8, 4) is 17.2 Å². The lowest BCUT2D eigenvalue weighted by Gasteiger charge is -2.19. The number of nitrogens with zero attached hydrogens (tertiary/aromatic N) is 2. The number of carbonyl (C=O) groups is 2. The van der Waals surface area contributed by atoms with Crippen LogP contribution in [0.2, 0.25) is 0 Å². The fraction of sp³-hybridized carbons (Fsp3) is 0.222. The zero-order chi connectivity index (χ0) is 24.8. The molecule has 2 heterocycles. The molecule has 1 aliphatic heterocycles. The van der Waals surface area contributed by atoms with Crippen LogP contribution in [0.15, 0.2) is 71.8 Å². The molecule has 0 saturated carbocycles. The smallest absolute Gasteiger partial charge is 0.290 e. The third-order valence-electron chi connectivity index (χ3n) is 5.41. The fourth-order valence-electron chi connectivity index (χ4n) is 3.38. The van der Waals surface area contributed by atoms with Gasteiger partial charge in [-0.1, -0.05) is 38.1 Å². The van der Waals surface area contributed by atoms with Gasteiger partial charge in [-0.05, 0) is 65.2 Å². The maximum atomic E-state index is 11.7. The molecule has 1 saturated heterocycles. The molecule has 180 valence electrons. The largest absolute Gasteiger partial charge is 0.492 e. The van der Waals surface area contributed by atoms with Crippen LogP contribution in [-0.2, 0) is 4.79 Å². The quantitative estimate of drug-likeness (QED) is 0.378. The van der Waals surface area contributed by atoms with Crippen LogP contribution in [0, 0.1) is 0 Å². The Morgan fingerprint density at radius 1 is 1.00 bits per heavy atom. The van der Waals surface area contributed by atoms with Crippen molar-refractivity contribution >= 4 is 34.8 Å². The molecular weight excluding hydrogens is 462 g/mol. The number of amides is 2. The number of aromatic nitrogens is 1. The van der Waals surface area contributed by atoms with Gasteiger partial charge in [-0.25, -0.2) is 4.98 Å². The number of hydrogen-bond donors (Lipinski definition) is 1. The Bertz CT molecular complexity index is 1220. The van der Waals surface area contributed by atoms with Crippen molar-refractivity contribution in [2.45, 2.75) is 19.8 Å². The van der Waals surface area contributed by atoms with E-state index in [-0.39, 0.29) is 11.1 Å². The maximum absolute atomic E-state index is 11.7. The van der Waals surface area contributed by atoms with E-state index < -0.39 is 0 Å². The van der Waals surface area contributed by atoms with E-state index in [9.17, 15) is 9.59 Å². The van der Waals surface area contributed by atoms with Gasteiger partial charge in [-0.3, -0.25) is 14.9 Å². The average Bonchev–Trinajstić information content (AvgIpc) is 3.17. The molecule has 35 heavy (non-hydrogen) atoms. The number of carbonyl (C=O) groups excluding carboxylic acids is 2. The van der Waals surface area contributed by atoms with Gasteiger partial charge in [0.2, 0.25) is 0 Å². The van der Waals surface area contributed by atoms with Crippen molar-refractivity contribution in [1.82, 2.24) is 10.3 Å². The molecule has 0 unspecified atom stereocenters. The first kappa shape index (κ1) is 24.3. The Morgan fingerprint density at radius 2 is 1.71 bits per heavy atom. The van der Waals surface area contributed by atoms with Gasteiger partial charge >= 0.3 is 0 Å². The first-order valence-electron chi connectivity index (χ1n) is 11.3. The minimum atomic E-state index is -0.365. The summed E-state index contributed by atoms with van der Waals surface area (Å²) in [6.45, 7) is 5.43. The van der Waals surface area contributed by atoms with Crippen LogP contribution in [0.25, 0.3) is 6.08 Å². The Morgan fingerprint density at radius 3 is 2.37 bits per heavy atom. The summed E-state index contributed by atoms with van der Waals surface area (Å²) in [5, 5.41) is 1.90. The van der Waals surface area contributed by atoms with Crippen LogP contribution < -0.4 is 19.7 Å². The number of thioether (sulfide) groups is 1. The van der Waals surface area contributed by atoms with Crippen molar-refractivity contribution in [1.29, 1.82) is 0 Å². The lowest BCUT2D eigenvalue weighted by Crippen LogP contribution is -2.24. The standard InChI is InChI=1S/C27H27N3O4S/c1-18(2)20-6-10-22(11-7-20)34-23-12-13-28-25(17-23)30(3)14-15-33-21-8-4-19(5-9-21)16-24-26(31)29-27(32)35-24/h4-13,16-18H,14-15H2,1-3H3,(H,29,31,32)/b24-16-. The van der Waals surface area contributed by atoms with Crippen molar-refractivity contribution in [2.75, 3.05) is 25.1 Å². The number of hydrogen-bond acceptors (Lipinski definition) is 7. The predicted octanol–water partition coefficient (Wildman–Crippen LogP) is 5.84. The normalized spacial score (nSPS) is 14.3. The zero-order valence-corrected chi connectivity index (χ0v) is 20.7. The number of nitrogens with one attached hydrogen (secondary N) is 1. The van der Waals surface area contributed by atoms with Gasteiger partial charge in [0.15, 0.2) is 0 Å². The van der Waals surface area contributed by atoms with Crippen molar-refractivity contribution in [3.05, 3.63) is 82.9 Å². The highest BCUT2D eigenvalue weighted by Crippen LogP contribution is 2.27. The molecule has 2 amide bonds. The highest BCUT2D eigenvalue weighted by molar-refractivity contribution is 8.18. The van der Waals surface area contributed by atoms with E-state index >= 15 is 0 Å². The molecule has 8 heteroatoms. The second-order valence-electron chi connectivity index (χ2n) is 8.37. The molecule has 0 spiro atoms. The van der Waals surface area contributed by atoms with Gasteiger partial charge in [0.1, 0.15) is 29.7 Å². The highest BCUT2D eigenvalue weighted by Gasteiger charge is 2.24. The summed E-state index contributed by atoms with van der Waals surface area (Å²) in [5.74, 6) is 3.13. The topological polar surface area (TPSA) is 80.8 Å². The van der Waals surface area contributed by atoms with E-state index in [1.54, 1.807) is 12.3 Å². The molecule has 0 aliphatic carbocycles. The van der Waals surface area contributed by atoms with Crippen molar-refractivity contribution in [2.24, 2.45) is 0 Å². The van der Waals surface area contributed by atoms with Gasteiger partial charge in [0.25, 0.3) is 11.1 Å². The lowest BCUT2D eigenvalue weighted by molar-refractivity contribution is -0.115. The third kappa shape index (κ3) is 6.64. The van der Waals surface area contributed by atoms with Crippen molar-refractivity contribution < 1.29 is 19.1 Å². The van der Waals surface area contributed by atoms with Crippen LogP contribution in [0.5, 0.6) is 17.2 Å². The molecule has 4 rings (SSSR count). The first-order valence-corrected chi connectivity index (χ1v) is 12.1. The van der Waals surface area contributed by atoms with Gasteiger partial charge in [0, 0.05) is 19.3 Å². The van der Waals surface area contributed by atoms with Gasteiger partial charge in [-0.15, -0.1) is 0 Å². The summed E-state index contributed by atoms with van der Waals surface area (Å²) in [4.78, 5) is 29.8. The molecular formula is C27H27N3O4S. The number of benzene rings is 2. The number of pyridine rings is 1. The number of anilines is 1. The van der Waals surface area contributed by atoms with E-state index in [1.165, 1.54) is 5.56 Å². The summed E-state index contributed by atoms with van der Waals surface area (Å²) in [7, 11) is 1.95. The second kappa shape index (κ2) is 11.1. The molecule has 0 atom stereocenters. The van der Waals surface area contributed by atoms with Gasteiger partial charge in [0.05, 0.1) is 11.4 Å². The minimum absolute atomic E-state index is 0.350. The summed E-state index contributed by atoms with van der Waals surface area (Å²) in [6, 6.07) is 19.2. The van der Waals surface area contributed by atoms with Crippen LogP contribution in [0.3, 0.4) is 0 Å². The molecule has 1 fully saturated rings. The summed E-state index contributed by atoms with van der Waals surface area (Å²) in [5.41, 5.74) is 2.09. The van der Waals surface area contributed by atoms with E-state index in [0.29, 0.717) is 24.0 Å². The maximum Gasteiger partial charge on any atom is 0.290 e. The lowest BCUT2D eigenvalue weighted by atomic mass is 10.0. The average molecular weight is 490 g/mol. The Balaban J connectivity index is 1.28. The molecule has 0 radical (unpaired) electrons. The van der Waals surface area contributed by atoms with Gasteiger partial charge < -0.3 is 14.4 Å². The molecule has 0 bridgehead atoms. The minimum Gasteiger partial charge on any atom is -0.492 e. The SMILES string of the molecule is CC(C)c1ccc(Oc2ccnc(N(C)CCOc3ccc(/C=C4\SC(=O)NC4=O)cc3)c2)cc1. The Kier molecular flexibility index (Phi) is 7.72. The zero-order valence-electron chi connectivity index (χ0n) is 19.9. The van der Waals surface area contributed by atoms with Crippen LogP contribution in [-0.4, -0.2) is 36.3 Å². The third-order valence-corrected chi connectivity index (χ3v) is 6.22. The molecule has 1 aromatic heterocycles. The highest BCUT2D eigenvalue weighted by atomic mass is 32.2. The molecule has 7 nitrogen and oxygen atoms in total. The van der Waals surface area contributed by atoms with Crippen LogP contribution >= 0.6 is 11.8 Å². The number of likely N-dealkylation sites (N-methyl/N-ethyl adjacent to an activating group) is 1. The number of imide groups is 1. The van der Waals surface area contributed by atoms with E-state index in [1.807, 2.05) is 60.5 Å². The second-order valence-corrected chi connectivity index (χ2v) is 9.38. The molecule has 2 aromatic carbocycles. The number of rotatable bonds is 9. The molecule has 1 aliphatic rings. The predicted molar refractivity (Wildman–Crippen MR) is 139 cm³/mol. The van der Waals surface area contributed by atoms with E-state index in [2.05, 4.69) is 36.3 Å². The summed E-state index contributed by atoms with van der Waals surface area (Å²) < 4.78 is 11.9. The van der Waals surface area contributed by atoms with Crippen molar-refractivity contribution in [3.63, 3.8) is 0 Å². The summed E-state index contributed by atoms with van der Waals surface area (Å²) in [6.07, 6.45) is 3.41. The number of ether oxygens (including phenoxy) is 2. The van der Waals surface area contributed by atoms with Gasteiger partial charge in [-0.2, -0.15) is 0 Å². The molecule has 3 aromatic rings. The van der Waals surface area contributed by atoms with Crippen LogP contribution in [0.4, 0.5) is 10.6 Å². The Labute approximate surface area is 209 Å². The van der Waals surface area contributed by atoms with Crippen LogP contribution in [0.1, 0.15) is 30.9 Å². The summed E-state index contributed by atoms with van der Waals surface area (Å²) >= 11 is 0.900. The fourth-order valence-corrected chi connectivity index (χ4v) is 4.06. The van der Waals surface area contributed by atoms with E-state index in [0.717, 1.165) is 40.4 Å². The monoisotopic (exact) mass is 489 g/mol.